The molecule has 1 heterocycles. The van der Waals surface area contributed by atoms with Crippen molar-refractivity contribution in [3.8, 4) is 0 Å². The Morgan fingerprint density at radius 3 is 2.68 bits per heavy atom. The smallest absolute Gasteiger partial charge is 0.226 e. The van der Waals surface area contributed by atoms with Crippen molar-refractivity contribution in [2.24, 2.45) is 16.8 Å². The van der Waals surface area contributed by atoms with E-state index in [9.17, 15) is 4.79 Å². The highest BCUT2D eigenvalue weighted by Gasteiger charge is 2.24. The van der Waals surface area contributed by atoms with Crippen molar-refractivity contribution < 1.29 is 14.3 Å². The van der Waals surface area contributed by atoms with E-state index in [4.69, 9.17) is 9.47 Å². The molecule has 156 valence electrons. The SMILES string of the molecule is CN=C(NCc1ccc(NC(=O)C(C)C)cc1)N1CCC(COCCOC)C1. The number of hydrogen-bond acceptors (Lipinski definition) is 4. The van der Waals surface area contributed by atoms with Gasteiger partial charge >= 0.3 is 0 Å². The molecule has 0 spiro atoms. The van der Waals surface area contributed by atoms with Crippen molar-refractivity contribution in [3.63, 3.8) is 0 Å². The van der Waals surface area contributed by atoms with Gasteiger partial charge in [-0.1, -0.05) is 26.0 Å². The van der Waals surface area contributed by atoms with Crippen molar-refractivity contribution in [1.82, 2.24) is 10.2 Å². The Hall–Kier alpha value is -2.12. The molecular weight excluding hydrogens is 356 g/mol. The number of ether oxygens (including phenoxy) is 2. The van der Waals surface area contributed by atoms with Crippen LogP contribution in [0.4, 0.5) is 5.69 Å². The maximum atomic E-state index is 11.8. The highest BCUT2D eigenvalue weighted by molar-refractivity contribution is 5.92. The quantitative estimate of drug-likeness (QED) is 0.385. The van der Waals surface area contributed by atoms with Crippen LogP contribution in [0.25, 0.3) is 0 Å². The fourth-order valence-electron chi connectivity index (χ4n) is 3.06. The summed E-state index contributed by atoms with van der Waals surface area (Å²) in [5.74, 6) is 1.44. The van der Waals surface area contributed by atoms with Gasteiger partial charge < -0.3 is 25.0 Å². The highest BCUT2D eigenvalue weighted by atomic mass is 16.5. The average molecular weight is 391 g/mol. The summed E-state index contributed by atoms with van der Waals surface area (Å²) in [6, 6.07) is 7.91. The van der Waals surface area contributed by atoms with E-state index < -0.39 is 0 Å². The van der Waals surface area contributed by atoms with Crippen LogP contribution in [-0.4, -0.2) is 63.8 Å². The molecule has 0 saturated carbocycles. The molecule has 2 N–H and O–H groups in total. The number of guanidine groups is 1. The monoisotopic (exact) mass is 390 g/mol. The lowest BCUT2D eigenvalue weighted by atomic mass is 10.1. The normalized spacial score (nSPS) is 17.2. The van der Waals surface area contributed by atoms with Gasteiger partial charge in [0, 0.05) is 51.3 Å². The molecule has 2 rings (SSSR count). The van der Waals surface area contributed by atoms with Crippen LogP contribution < -0.4 is 10.6 Å². The first-order chi connectivity index (χ1) is 13.5. The van der Waals surface area contributed by atoms with Gasteiger partial charge in [-0.2, -0.15) is 0 Å². The van der Waals surface area contributed by atoms with Gasteiger partial charge in [-0.25, -0.2) is 0 Å². The van der Waals surface area contributed by atoms with Crippen LogP contribution in [0.5, 0.6) is 0 Å². The number of methoxy groups -OCH3 is 1. The van der Waals surface area contributed by atoms with E-state index >= 15 is 0 Å². The summed E-state index contributed by atoms with van der Waals surface area (Å²) in [4.78, 5) is 18.5. The second-order valence-corrected chi connectivity index (χ2v) is 7.41. The Bertz CT molecular complexity index is 631. The van der Waals surface area contributed by atoms with E-state index in [1.807, 2.05) is 45.2 Å². The number of benzene rings is 1. The maximum absolute atomic E-state index is 11.8. The Kier molecular flexibility index (Phi) is 9.23. The van der Waals surface area contributed by atoms with E-state index in [-0.39, 0.29) is 11.8 Å². The lowest BCUT2D eigenvalue weighted by Crippen LogP contribution is -2.39. The first-order valence-electron chi connectivity index (χ1n) is 9.95. The number of rotatable bonds is 9. The molecule has 0 aliphatic carbocycles. The largest absolute Gasteiger partial charge is 0.382 e. The maximum Gasteiger partial charge on any atom is 0.226 e. The first-order valence-corrected chi connectivity index (χ1v) is 9.95. The van der Waals surface area contributed by atoms with E-state index in [0.29, 0.717) is 25.7 Å². The predicted octanol–water partition coefficient (Wildman–Crippen LogP) is 2.34. The minimum Gasteiger partial charge on any atom is -0.382 e. The van der Waals surface area contributed by atoms with E-state index in [1.54, 1.807) is 7.11 Å². The van der Waals surface area contributed by atoms with Crippen molar-refractivity contribution in [2.45, 2.75) is 26.8 Å². The molecule has 7 heteroatoms. The fourth-order valence-corrected chi connectivity index (χ4v) is 3.06. The molecule has 1 aliphatic heterocycles. The van der Waals surface area contributed by atoms with E-state index in [2.05, 4.69) is 20.5 Å². The zero-order chi connectivity index (χ0) is 20.4. The molecule has 1 aliphatic rings. The molecule has 28 heavy (non-hydrogen) atoms. The lowest BCUT2D eigenvalue weighted by Gasteiger charge is -2.22. The van der Waals surface area contributed by atoms with Gasteiger partial charge in [-0.15, -0.1) is 0 Å². The number of anilines is 1. The Morgan fingerprint density at radius 2 is 2.04 bits per heavy atom. The number of amides is 1. The topological polar surface area (TPSA) is 75.2 Å². The zero-order valence-corrected chi connectivity index (χ0v) is 17.5. The molecule has 1 atom stereocenters. The van der Waals surface area contributed by atoms with Gasteiger partial charge in [0.1, 0.15) is 0 Å². The summed E-state index contributed by atoms with van der Waals surface area (Å²) < 4.78 is 10.7. The third kappa shape index (κ3) is 7.13. The summed E-state index contributed by atoms with van der Waals surface area (Å²) in [5.41, 5.74) is 1.96. The van der Waals surface area contributed by atoms with Crippen LogP contribution in [0.1, 0.15) is 25.8 Å². The molecule has 0 radical (unpaired) electrons. The highest BCUT2D eigenvalue weighted by Crippen LogP contribution is 2.17. The number of hydrogen-bond donors (Lipinski definition) is 2. The minimum absolute atomic E-state index is 0.0284. The van der Waals surface area contributed by atoms with Crippen LogP contribution in [0.3, 0.4) is 0 Å². The molecule has 0 bridgehead atoms. The summed E-state index contributed by atoms with van der Waals surface area (Å²) in [6.45, 7) is 8.44. The summed E-state index contributed by atoms with van der Waals surface area (Å²) >= 11 is 0. The summed E-state index contributed by atoms with van der Waals surface area (Å²) in [6.07, 6.45) is 1.11. The number of carbonyl (C=O) groups excluding carboxylic acids is 1. The van der Waals surface area contributed by atoms with Crippen LogP contribution in [0.2, 0.25) is 0 Å². The van der Waals surface area contributed by atoms with Crippen molar-refractivity contribution in [3.05, 3.63) is 29.8 Å². The summed E-state index contributed by atoms with van der Waals surface area (Å²) in [5, 5.41) is 6.34. The summed E-state index contributed by atoms with van der Waals surface area (Å²) in [7, 11) is 3.50. The molecule has 1 fully saturated rings. The Morgan fingerprint density at radius 1 is 1.29 bits per heavy atom. The predicted molar refractivity (Wildman–Crippen MR) is 112 cm³/mol. The zero-order valence-electron chi connectivity index (χ0n) is 17.5. The number of carbonyl (C=O) groups is 1. The number of nitrogens with zero attached hydrogens (tertiary/aromatic N) is 2. The molecule has 1 aromatic carbocycles. The molecule has 1 unspecified atom stereocenters. The van der Waals surface area contributed by atoms with Crippen LogP contribution in [0.15, 0.2) is 29.3 Å². The van der Waals surface area contributed by atoms with Gasteiger partial charge in [0.2, 0.25) is 5.91 Å². The Labute approximate surface area is 168 Å². The third-order valence-electron chi connectivity index (χ3n) is 4.78. The fraction of sp³-hybridized carbons (Fsp3) is 0.619. The van der Waals surface area contributed by atoms with Crippen LogP contribution >= 0.6 is 0 Å². The molecule has 1 aromatic rings. The van der Waals surface area contributed by atoms with Crippen LogP contribution in [-0.2, 0) is 20.8 Å². The number of aliphatic imine (C=N–C) groups is 1. The standard InChI is InChI=1S/C21H34N4O3/c1-16(2)20(26)24-19-7-5-17(6-8-19)13-23-21(22-3)25-10-9-18(14-25)15-28-12-11-27-4/h5-8,16,18H,9-15H2,1-4H3,(H,22,23)(H,24,26). The molecular formula is C21H34N4O3. The van der Waals surface area contributed by atoms with E-state index in [1.165, 1.54) is 0 Å². The number of likely N-dealkylation sites (tertiary alicyclic amines) is 1. The van der Waals surface area contributed by atoms with E-state index in [0.717, 1.165) is 43.3 Å². The molecule has 7 nitrogen and oxygen atoms in total. The van der Waals surface area contributed by atoms with Crippen molar-refractivity contribution in [1.29, 1.82) is 0 Å². The third-order valence-corrected chi connectivity index (χ3v) is 4.78. The van der Waals surface area contributed by atoms with Gasteiger partial charge in [0.25, 0.3) is 0 Å². The average Bonchev–Trinajstić information content (AvgIpc) is 3.15. The van der Waals surface area contributed by atoms with Crippen LogP contribution in [0, 0.1) is 11.8 Å². The van der Waals surface area contributed by atoms with Crippen molar-refractivity contribution >= 4 is 17.6 Å². The Balaban J connectivity index is 1.77. The van der Waals surface area contributed by atoms with Gasteiger partial charge in [0.15, 0.2) is 5.96 Å². The second kappa shape index (κ2) is 11.7. The number of nitrogens with one attached hydrogen (secondary N) is 2. The molecule has 1 amide bonds. The minimum atomic E-state index is -0.0284. The van der Waals surface area contributed by atoms with Crippen molar-refractivity contribution in [2.75, 3.05) is 52.4 Å². The molecule has 0 aromatic heterocycles. The lowest BCUT2D eigenvalue weighted by molar-refractivity contribution is -0.118. The van der Waals surface area contributed by atoms with Gasteiger partial charge in [-0.05, 0) is 24.1 Å². The second-order valence-electron chi connectivity index (χ2n) is 7.41. The first kappa shape index (κ1) is 22.2. The van der Waals surface area contributed by atoms with Gasteiger partial charge in [0.05, 0.1) is 19.8 Å². The molecule has 1 saturated heterocycles. The van der Waals surface area contributed by atoms with Gasteiger partial charge in [-0.3, -0.25) is 9.79 Å².